The minimum Gasteiger partial charge on any atom is -0.360 e. The zero-order valence-electron chi connectivity index (χ0n) is 13.5. The van der Waals surface area contributed by atoms with Gasteiger partial charge in [0.05, 0.1) is 0 Å². The third-order valence-corrected chi connectivity index (χ3v) is 4.40. The zero-order valence-corrected chi connectivity index (χ0v) is 13.5. The molecule has 0 unspecified atom stereocenters. The molecule has 4 heteroatoms. The van der Waals surface area contributed by atoms with E-state index in [1.165, 1.54) is 11.8 Å². The van der Waals surface area contributed by atoms with Gasteiger partial charge in [-0.15, -0.1) is 0 Å². The van der Waals surface area contributed by atoms with Crippen LogP contribution in [0.5, 0.6) is 0 Å². The van der Waals surface area contributed by atoms with Crippen molar-refractivity contribution in [3.05, 3.63) is 41.1 Å². The van der Waals surface area contributed by atoms with Gasteiger partial charge >= 0.3 is 0 Å². The van der Waals surface area contributed by atoms with E-state index in [2.05, 4.69) is 12.2 Å². The molecule has 0 aliphatic carbocycles. The molecule has 1 aliphatic rings. The Bertz CT molecular complexity index is 620. The van der Waals surface area contributed by atoms with Crippen LogP contribution in [-0.2, 0) is 4.79 Å². The minimum absolute atomic E-state index is 0.162. The lowest BCUT2D eigenvalue weighted by Gasteiger charge is -2.30. The second-order valence-electron chi connectivity index (χ2n) is 6.04. The first-order valence-corrected chi connectivity index (χ1v) is 7.75. The van der Waals surface area contributed by atoms with Crippen molar-refractivity contribution in [1.29, 1.82) is 5.26 Å². The predicted octanol–water partition coefficient (Wildman–Crippen LogP) is 3.38. The van der Waals surface area contributed by atoms with Crippen molar-refractivity contribution in [2.75, 3.05) is 18.4 Å². The largest absolute Gasteiger partial charge is 0.360 e. The number of piperidine rings is 1. The number of anilines is 1. The first kappa shape index (κ1) is 16.1. The first-order valence-electron chi connectivity index (χ1n) is 7.75. The van der Waals surface area contributed by atoms with Crippen molar-refractivity contribution in [2.24, 2.45) is 5.92 Å². The molecular formula is C18H23N3O. The number of amides is 1. The molecule has 1 fully saturated rings. The van der Waals surface area contributed by atoms with Gasteiger partial charge in [0.15, 0.2) is 0 Å². The number of carbonyl (C=O) groups excluding carboxylic acids is 1. The van der Waals surface area contributed by atoms with Gasteiger partial charge in [-0.1, -0.05) is 19.1 Å². The van der Waals surface area contributed by atoms with Crippen molar-refractivity contribution < 1.29 is 4.79 Å². The highest BCUT2D eigenvalue weighted by atomic mass is 16.2. The average molecular weight is 297 g/mol. The molecule has 4 nitrogen and oxygen atoms in total. The molecule has 2 rings (SSSR count). The average Bonchev–Trinajstić information content (AvgIpc) is 2.52. The molecule has 0 bridgehead atoms. The van der Waals surface area contributed by atoms with Crippen LogP contribution in [-0.4, -0.2) is 23.9 Å². The Morgan fingerprint density at radius 3 is 2.68 bits per heavy atom. The van der Waals surface area contributed by atoms with E-state index in [1.807, 2.05) is 38.1 Å². The van der Waals surface area contributed by atoms with Gasteiger partial charge in [-0.25, -0.2) is 0 Å². The fraction of sp³-hybridized carbons (Fsp3) is 0.444. The molecule has 1 aliphatic heterocycles. The maximum absolute atomic E-state index is 12.4. The van der Waals surface area contributed by atoms with Crippen LogP contribution in [0.3, 0.4) is 0 Å². The van der Waals surface area contributed by atoms with Crippen LogP contribution in [0.25, 0.3) is 0 Å². The summed E-state index contributed by atoms with van der Waals surface area (Å²) in [6.45, 7) is 7.73. The summed E-state index contributed by atoms with van der Waals surface area (Å²) in [4.78, 5) is 14.2. The van der Waals surface area contributed by atoms with Gasteiger partial charge in [-0.2, -0.15) is 5.26 Å². The number of hydrogen-bond donors (Lipinski definition) is 1. The molecule has 1 heterocycles. The summed E-state index contributed by atoms with van der Waals surface area (Å²) in [5.74, 6) is 0.485. The van der Waals surface area contributed by atoms with Gasteiger partial charge in [-0.3, -0.25) is 4.79 Å². The van der Waals surface area contributed by atoms with E-state index in [0.29, 0.717) is 5.92 Å². The number of benzene rings is 1. The molecule has 0 atom stereocenters. The maximum Gasteiger partial charge on any atom is 0.266 e. The Morgan fingerprint density at radius 1 is 1.36 bits per heavy atom. The highest BCUT2D eigenvalue weighted by Gasteiger charge is 2.22. The Hall–Kier alpha value is -2.28. The van der Waals surface area contributed by atoms with Gasteiger partial charge in [-0.05, 0) is 49.8 Å². The Kier molecular flexibility index (Phi) is 5.21. The van der Waals surface area contributed by atoms with Crippen molar-refractivity contribution in [1.82, 2.24) is 4.90 Å². The summed E-state index contributed by atoms with van der Waals surface area (Å²) in [5.41, 5.74) is 3.38. The number of likely N-dealkylation sites (tertiary alicyclic amines) is 1. The van der Waals surface area contributed by atoms with Crippen LogP contribution in [0.2, 0.25) is 0 Å². The number of nitriles is 1. The number of aryl methyl sites for hydroxylation is 1. The van der Waals surface area contributed by atoms with Gasteiger partial charge in [0, 0.05) is 25.0 Å². The lowest BCUT2D eigenvalue weighted by atomic mass is 9.99. The maximum atomic E-state index is 12.4. The molecule has 116 valence electrons. The van der Waals surface area contributed by atoms with E-state index in [-0.39, 0.29) is 11.5 Å². The fourth-order valence-electron chi connectivity index (χ4n) is 2.58. The molecule has 1 aromatic carbocycles. The summed E-state index contributed by atoms with van der Waals surface area (Å²) in [6.07, 6.45) is 3.55. The zero-order chi connectivity index (χ0) is 16.1. The van der Waals surface area contributed by atoms with E-state index in [4.69, 9.17) is 0 Å². The van der Waals surface area contributed by atoms with Crippen LogP contribution in [0, 0.1) is 31.1 Å². The molecule has 0 saturated carbocycles. The van der Waals surface area contributed by atoms with E-state index < -0.39 is 0 Å². The second-order valence-corrected chi connectivity index (χ2v) is 6.04. The van der Waals surface area contributed by atoms with Crippen molar-refractivity contribution >= 4 is 11.6 Å². The minimum atomic E-state index is -0.174. The first-order chi connectivity index (χ1) is 10.5. The molecule has 0 spiro atoms. The van der Waals surface area contributed by atoms with Crippen LogP contribution >= 0.6 is 0 Å². The molecule has 1 amide bonds. The molecule has 1 aromatic rings. The van der Waals surface area contributed by atoms with E-state index in [1.54, 1.807) is 4.90 Å². The summed E-state index contributed by atoms with van der Waals surface area (Å²) >= 11 is 0. The van der Waals surface area contributed by atoms with Crippen LogP contribution < -0.4 is 5.32 Å². The van der Waals surface area contributed by atoms with Gasteiger partial charge in [0.2, 0.25) is 0 Å². The van der Waals surface area contributed by atoms with Crippen molar-refractivity contribution in [2.45, 2.75) is 33.6 Å². The molecule has 1 saturated heterocycles. The summed E-state index contributed by atoms with van der Waals surface area (Å²) < 4.78 is 0. The number of hydrogen-bond acceptors (Lipinski definition) is 3. The van der Waals surface area contributed by atoms with Crippen LogP contribution in [0.1, 0.15) is 30.9 Å². The Morgan fingerprint density at radius 2 is 2.05 bits per heavy atom. The second kappa shape index (κ2) is 7.13. The molecule has 22 heavy (non-hydrogen) atoms. The molecule has 0 radical (unpaired) electrons. The normalized spacial score (nSPS) is 16.3. The summed E-state index contributed by atoms with van der Waals surface area (Å²) in [7, 11) is 0. The molecular weight excluding hydrogens is 274 g/mol. The van der Waals surface area contributed by atoms with E-state index >= 15 is 0 Å². The fourth-order valence-corrected chi connectivity index (χ4v) is 2.58. The third-order valence-electron chi connectivity index (χ3n) is 4.40. The molecule has 0 aromatic heterocycles. The molecule has 1 N–H and O–H groups in total. The highest BCUT2D eigenvalue weighted by Crippen LogP contribution is 2.20. The topological polar surface area (TPSA) is 56.1 Å². The van der Waals surface area contributed by atoms with E-state index in [9.17, 15) is 10.1 Å². The van der Waals surface area contributed by atoms with Crippen LogP contribution in [0.15, 0.2) is 30.0 Å². The lowest BCUT2D eigenvalue weighted by Crippen LogP contribution is -2.38. The third kappa shape index (κ3) is 3.67. The summed E-state index contributed by atoms with van der Waals surface area (Å²) in [6, 6.07) is 7.96. The summed E-state index contributed by atoms with van der Waals surface area (Å²) in [5, 5.41) is 12.4. The Balaban J connectivity index is 2.09. The van der Waals surface area contributed by atoms with Gasteiger partial charge in [0.1, 0.15) is 11.6 Å². The highest BCUT2D eigenvalue weighted by molar-refractivity contribution is 5.97. The number of rotatable bonds is 3. The smallest absolute Gasteiger partial charge is 0.266 e. The lowest BCUT2D eigenvalue weighted by molar-refractivity contribution is -0.128. The van der Waals surface area contributed by atoms with Crippen LogP contribution in [0.4, 0.5) is 5.69 Å². The standard InChI is InChI=1S/C18H23N3O/c1-13-7-9-21(10-8-13)18(22)16(11-19)12-20-17-6-4-5-14(2)15(17)3/h4-6,12-13,20H,7-10H2,1-3H3/b16-12-. The quantitative estimate of drug-likeness (QED) is 0.687. The number of nitrogens with one attached hydrogen (secondary N) is 1. The SMILES string of the molecule is Cc1cccc(N/C=C(/C#N)C(=O)N2CCC(C)CC2)c1C. The van der Waals surface area contributed by atoms with Gasteiger partial charge < -0.3 is 10.2 Å². The monoisotopic (exact) mass is 297 g/mol. The van der Waals surface area contributed by atoms with Crippen molar-refractivity contribution in [3.8, 4) is 6.07 Å². The van der Waals surface area contributed by atoms with Crippen molar-refractivity contribution in [3.63, 3.8) is 0 Å². The Labute approximate surface area is 132 Å². The van der Waals surface area contributed by atoms with E-state index in [0.717, 1.165) is 37.2 Å². The van der Waals surface area contributed by atoms with Gasteiger partial charge in [0.25, 0.3) is 5.91 Å². The number of nitrogens with zero attached hydrogens (tertiary/aromatic N) is 2. The predicted molar refractivity (Wildman–Crippen MR) is 88.2 cm³/mol. The number of carbonyl (C=O) groups is 1.